The van der Waals surface area contributed by atoms with E-state index in [0.29, 0.717) is 5.69 Å². The number of aromatic nitrogens is 1. The lowest BCUT2D eigenvalue weighted by molar-refractivity contribution is -0.137. The van der Waals surface area contributed by atoms with Gasteiger partial charge >= 0.3 is 6.18 Å². The molecule has 1 amide bonds. The van der Waals surface area contributed by atoms with Crippen LogP contribution in [0, 0.1) is 0 Å². The first-order chi connectivity index (χ1) is 11.8. The van der Waals surface area contributed by atoms with Crippen molar-refractivity contribution in [1.29, 1.82) is 0 Å². The van der Waals surface area contributed by atoms with Crippen molar-refractivity contribution in [3.63, 3.8) is 0 Å². The topological polar surface area (TPSA) is 37.3 Å². The molecule has 2 heterocycles. The van der Waals surface area contributed by atoms with E-state index in [4.69, 9.17) is 0 Å². The number of halogens is 3. The Morgan fingerprint density at radius 3 is 2.56 bits per heavy atom. The molecule has 1 N–H and O–H groups in total. The van der Waals surface area contributed by atoms with E-state index >= 15 is 0 Å². The fourth-order valence-electron chi connectivity index (χ4n) is 3.30. The summed E-state index contributed by atoms with van der Waals surface area (Å²) >= 11 is 0. The number of carbonyl (C=O) groups is 1. The molecule has 0 saturated carbocycles. The zero-order valence-electron chi connectivity index (χ0n) is 13.9. The van der Waals surface area contributed by atoms with Gasteiger partial charge in [0.05, 0.1) is 18.2 Å². The fraction of sp³-hybridized carbons (Fsp3) is 0.389. The van der Waals surface area contributed by atoms with Crippen LogP contribution in [-0.4, -0.2) is 28.5 Å². The minimum atomic E-state index is -4.37. The standard InChI is InChI=1S/C18H20F3N3O/c1-23-10-2-4-15(23)16-5-3-11-24(16)12-17(25)22-14-8-6-13(7-9-14)18(19,20)21/h2,4,6-10,16H,3,5,11-12H2,1H3,(H,22,25)/t16-/m1/s1. The summed E-state index contributed by atoms with van der Waals surface area (Å²) in [5.74, 6) is -0.221. The van der Waals surface area contributed by atoms with Crippen LogP contribution in [0.15, 0.2) is 42.6 Å². The minimum Gasteiger partial charge on any atom is -0.353 e. The van der Waals surface area contributed by atoms with Gasteiger partial charge in [0.1, 0.15) is 0 Å². The molecule has 1 aromatic heterocycles. The second-order valence-electron chi connectivity index (χ2n) is 6.30. The molecule has 0 aliphatic carbocycles. The summed E-state index contributed by atoms with van der Waals surface area (Å²) in [4.78, 5) is 14.4. The largest absolute Gasteiger partial charge is 0.416 e. The molecule has 1 aliphatic rings. The molecule has 1 aliphatic heterocycles. The molecule has 3 rings (SSSR count). The number of nitrogens with zero attached hydrogens (tertiary/aromatic N) is 2. The third-order valence-corrected chi connectivity index (χ3v) is 4.53. The van der Waals surface area contributed by atoms with Gasteiger partial charge in [-0.15, -0.1) is 0 Å². The van der Waals surface area contributed by atoms with Crippen molar-refractivity contribution in [2.75, 3.05) is 18.4 Å². The van der Waals surface area contributed by atoms with E-state index in [1.54, 1.807) is 0 Å². The molecule has 134 valence electrons. The Morgan fingerprint density at radius 1 is 1.24 bits per heavy atom. The summed E-state index contributed by atoms with van der Waals surface area (Å²) in [7, 11) is 1.98. The summed E-state index contributed by atoms with van der Waals surface area (Å²) in [6.45, 7) is 1.05. The Morgan fingerprint density at radius 2 is 1.96 bits per heavy atom. The van der Waals surface area contributed by atoms with Crippen LogP contribution in [0.3, 0.4) is 0 Å². The number of anilines is 1. The summed E-state index contributed by atoms with van der Waals surface area (Å²) in [6.07, 6.45) is -0.386. The minimum absolute atomic E-state index is 0.193. The second-order valence-corrected chi connectivity index (χ2v) is 6.30. The average molecular weight is 351 g/mol. The highest BCUT2D eigenvalue weighted by molar-refractivity contribution is 5.92. The summed E-state index contributed by atoms with van der Waals surface area (Å²) < 4.78 is 39.8. The first-order valence-corrected chi connectivity index (χ1v) is 8.17. The van der Waals surface area contributed by atoms with Crippen LogP contribution in [0.1, 0.15) is 30.1 Å². The Labute approximate surface area is 144 Å². The zero-order valence-corrected chi connectivity index (χ0v) is 13.9. The van der Waals surface area contributed by atoms with Gasteiger partial charge in [0.2, 0.25) is 5.91 Å². The number of nitrogens with one attached hydrogen (secondary N) is 1. The molecule has 0 radical (unpaired) electrons. The average Bonchev–Trinajstić information content (AvgIpc) is 3.15. The van der Waals surface area contributed by atoms with E-state index in [1.807, 2.05) is 19.3 Å². The third-order valence-electron chi connectivity index (χ3n) is 4.53. The maximum absolute atomic E-state index is 12.6. The predicted octanol–water partition coefficient (Wildman–Crippen LogP) is 3.82. The fourth-order valence-corrected chi connectivity index (χ4v) is 3.30. The SMILES string of the molecule is Cn1cccc1[C@H]1CCCN1CC(=O)Nc1ccc(C(F)(F)F)cc1. The molecular weight excluding hydrogens is 331 g/mol. The molecule has 25 heavy (non-hydrogen) atoms. The maximum atomic E-state index is 12.6. The van der Waals surface area contributed by atoms with Gasteiger partial charge in [-0.2, -0.15) is 13.2 Å². The lowest BCUT2D eigenvalue weighted by atomic mass is 10.1. The number of aryl methyl sites for hydroxylation is 1. The van der Waals surface area contributed by atoms with Crippen LogP contribution in [0.4, 0.5) is 18.9 Å². The molecule has 4 nitrogen and oxygen atoms in total. The summed E-state index contributed by atoms with van der Waals surface area (Å²) in [5.41, 5.74) is 0.807. The summed E-state index contributed by atoms with van der Waals surface area (Å²) in [5, 5.41) is 2.67. The number of hydrogen-bond donors (Lipinski definition) is 1. The van der Waals surface area contributed by atoms with Gasteiger partial charge in [-0.1, -0.05) is 0 Å². The van der Waals surface area contributed by atoms with Crippen LogP contribution in [0.5, 0.6) is 0 Å². The molecule has 0 spiro atoms. The van der Waals surface area contributed by atoms with Gasteiger partial charge in [0.25, 0.3) is 0 Å². The van der Waals surface area contributed by atoms with Crippen molar-refractivity contribution < 1.29 is 18.0 Å². The third kappa shape index (κ3) is 4.04. The first-order valence-electron chi connectivity index (χ1n) is 8.17. The molecule has 1 aromatic carbocycles. The molecule has 0 bridgehead atoms. The number of hydrogen-bond acceptors (Lipinski definition) is 2. The zero-order chi connectivity index (χ0) is 18.0. The van der Waals surface area contributed by atoms with E-state index in [9.17, 15) is 18.0 Å². The van der Waals surface area contributed by atoms with Crippen LogP contribution < -0.4 is 5.32 Å². The number of alkyl halides is 3. The van der Waals surface area contributed by atoms with E-state index in [1.165, 1.54) is 17.8 Å². The van der Waals surface area contributed by atoms with Crippen LogP contribution in [-0.2, 0) is 18.0 Å². The number of benzene rings is 1. The molecule has 1 fully saturated rings. The van der Waals surface area contributed by atoms with E-state index in [0.717, 1.165) is 31.5 Å². The van der Waals surface area contributed by atoms with Crippen molar-refractivity contribution in [3.05, 3.63) is 53.9 Å². The maximum Gasteiger partial charge on any atom is 0.416 e. The molecular formula is C18H20F3N3O. The van der Waals surface area contributed by atoms with Crippen LogP contribution in [0.2, 0.25) is 0 Å². The van der Waals surface area contributed by atoms with Gasteiger partial charge in [-0.25, -0.2) is 0 Å². The van der Waals surface area contributed by atoms with Crippen molar-refractivity contribution >= 4 is 11.6 Å². The highest BCUT2D eigenvalue weighted by Crippen LogP contribution is 2.32. The van der Waals surface area contributed by atoms with Crippen molar-refractivity contribution in [2.45, 2.75) is 25.1 Å². The van der Waals surface area contributed by atoms with E-state index < -0.39 is 11.7 Å². The lowest BCUT2D eigenvalue weighted by Crippen LogP contribution is -2.33. The number of amides is 1. The van der Waals surface area contributed by atoms with Gasteiger partial charge in [0.15, 0.2) is 0 Å². The normalized spacial score (nSPS) is 18.5. The van der Waals surface area contributed by atoms with Gasteiger partial charge in [0, 0.05) is 24.6 Å². The molecule has 2 aromatic rings. The van der Waals surface area contributed by atoms with Crippen LogP contribution in [0.25, 0.3) is 0 Å². The highest BCUT2D eigenvalue weighted by atomic mass is 19.4. The smallest absolute Gasteiger partial charge is 0.353 e. The van der Waals surface area contributed by atoms with Gasteiger partial charge < -0.3 is 9.88 Å². The Hall–Kier alpha value is -2.28. The van der Waals surface area contributed by atoms with Gasteiger partial charge in [-0.3, -0.25) is 9.69 Å². The van der Waals surface area contributed by atoms with Crippen LogP contribution >= 0.6 is 0 Å². The highest BCUT2D eigenvalue weighted by Gasteiger charge is 2.30. The van der Waals surface area contributed by atoms with E-state index in [2.05, 4.69) is 20.9 Å². The molecule has 1 atom stereocenters. The Balaban J connectivity index is 1.61. The predicted molar refractivity (Wildman–Crippen MR) is 89.0 cm³/mol. The Kier molecular flexibility index (Phi) is 4.85. The Bertz CT molecular complexity index is 737. The van der Waals surface area contributed by atoms with Gasteiger partial charge in [-0.05, 0) is 55.8 Å². The van der Waals surface area contributed by atoms with Crippen molar-refractivity contribution in [3.8, 4) is 0 Å². The van der Waals surface area contributed by atoms with Crippen molar-refractivity contribution in [1.82, 2.24) is 9.47 Å². The molecule has 7 heteroatoms. The number of carbonyl (C=O) groups excluding carboxylic acids is 1. The summed E-state index contributed by atoms with van der Waals surface area (Å²) in [6, 6.07) is 8.72. The molecule has 1 saturated heterocycles. The second kappa shape index (κ2) is 6.92. The lowest BCUT2D eigenvalue weighted by Gasteiger charge is -2.24. The number of likely N-dealkylation sites (tertiary alicyclic amines) is 1. The first kappa shape index (κ1) is 17.5. The number of rotatable bonds is 4. The molecule has 0 unspecified atom stereocenters. The monoisotopic (exact) mass is 351 g/mol. The van der Waals surface area contributed by atoms with Crippen molar-refractivity contribution in [2.24, 2.45) is 7.05 Å². The quantitative estimate of drug-likeness (QED) is 0.909. The van der Waals surface area contributed by atoms with E-state index in [-0.39, 0.29) is 18.5 Å².